The van der Waals surface area contributed by atoms with Gasteiger partial charge in [-0.1, -0.05) is 43.3 Å². The van der Waals surface area contributed by atoms with Gasteiger partial charge in [0.2, 0.25) is 0 Å². The Labute approximate surface area is 114 Å². The van der Waals surface area contributed by atoms with Crippen LogP contribution in [0.5, 0.6) is 0 Å². The molecule has 1 radical (unpaired) electrons. The van der Waals surface area contributed by atoms with Crippen LogP contribution >= 0.6 is 0 Å². The van der Waals surface area contributed by atoms with Crippen molar-refractivity contribution in [2.24, 2.45) is 0 Å². The summed E-state index contributed by atoms with van der Waals surface area (Å²) >= 11 is 0. The van der Waals surface area contributed by atoms with E-state index in [1.54, 1.807) is 13.5 Å². The highest BCUT2D eigenvalue weighted by atomic mass is 16.1. The average molecular weight is 252 g/mol. The van der Waals surface area contributed by atoms with Gasteiger partial charge in [-0.05, 0) is 42.2 Å². The van der Waals surface area contributed by atoms with Crippen molar-refractivity contribution in [3.8, 4) is 11.1 Å². The van der Waals surface area contributed by atoms with Gasteiger partial charge >= 0.3 is 0 Å². The third kappa shape index (κ3) is 3.22. The SMILES string of the molecule is C[CH]NC(=O)c1ccc(-c2ccc(CC)cc2)cc1. The summed E-state index contributed by atoms with van der Waals surface area (Å²) in [5, 5.41) is 2.67. The van der Waals surface area contributed by atoms with E-state index in [2.05, 4.69) is 36.5 Å². The molecule has 1 N–H and O–H groups in total. The molecule has 97 valence electrons. The van der Waals surface area contributed by atoms with E-state index in [-0.39, 0.29) is 5.91 Å². The maximum atomic E-state index is 11.6. The molecule has 0 aliphatic heterocycles. The van der Waals surface area contributed by atoms with E-state index in [4.69, 9.17) is 0 Å². The fourth-order valence-corrected chi connectivity index (χ4v) is 1.96. The molecule has 0 spiro atoms. The topological polar surface area (TPSA) is 29.1 Å². The molecule has 0 bridgehead atoms. The summed E-state index contributed by atoms with van der Waals surface area (Å²) in [6.45, 7) is 5.58. The lowest BCUT2D eigenvalue weighted by Crippen LogP contribution is -2.18. The first-order valence-corrected chi connectivity index (χ1v) is 6.52. The molecular weight excluding hydrogens is 234 g/mol. The van der Waals surface area contributed by atoms with Gasteiger partial charge in [-0.15, -0.1) is 0 Å². The molecule has 2 aromatic carbocycles. The van der Waals surface area contributed by atoms with E-state index in [1.807, 2.05) is 24.3 Å². The van der Waals surface area contributed by atoms with Crippen molar-refractivity contribution >= 4 is 5.91 Å². The lowest BCUT2D eigenvalue weighted by atomic mass is 10.0. The maximum Gasteiger partial charge on any atom is 0.251 e. The van der Waals surface area contributed by atoms with E-state index in [0.717, 1.165) is 12.0 Å². The molecule has 2 nitrogen and oxygen atoms in total. The summed E-state index contributed by atoms with van der Waals surface area (Å²) in [6.07, 6.45) is 1.05. The van der Waals surface area contributed by atoms with Crippen LogP contribution in [0, 0.1) is 6.54 Å². The molecule has 2 aromatic rings. The fourth-order valence-electron chi connectivity index (χ4n) is 1.96. The molecule has 0 saturated heterocycles. The number of rotatable bonds is 4. The largest absolute Gasteiger partial charge is 0.348 e. The van der Waals surface area contributed by atoms with Crippen molar-refractivity contribution in [3.05, 3.63) is 66.2 Å². The first kappa shape index (κ1) is 13.3. The van der Waals surface area contributed by atoms with Gasteiger partial charge in [-0.25, -0.2) is 0 Å². The minimum Gasteiger partial charge on any atom is -0.348 e. The minimum atomic E-state index is -0.0737. The highest BCUT2D eigenvalue weighted by molar-refractivity contribution is 5.95. The lowest BCUT2D eigenvalue weighted by molar-refractivity contribution is 0.0964. The van der Waals surface area contributed by atoms with Crippen LogP contribution in [0.1, 0.15) is 29.8 Å². The summed E-state index contributed by atoms with van der Waals surface area (Å²) in [4.78, 5) is 11.6. The molecule has 0 atom stereocenters. The van der Waals surface area contributed by atoms with Crippen LogP contribution in [0.25, 0.3) is 11.1 Å². The Morgan fingerprint density at radius 3 is 2.00 bits per heavy atom. The van der Waals surface area contributed by atoms with Crippen molar-refractivity contribution < 1.29 is 4.79 Å². The Balaban J connectivity index is 2.19. The number of hydrogen-bond donors (Lipinski definition) is 1. The fraction of sp³-hybridized carbons (Fsp3) is 0.176. The van der Waals surface area contributed by atoms with Gasteiger partial charge in [0.05, 0.1) is 0 Å². The van der Waals surface area contributed by atoms with Crippen LogP contribution in [-0.2, 0) is 6.42 Å². The summed E-state index contributed by atoms with van der Waals surface area (Å²) in [5.41, 5.74) is 4.30. The zero-order chi connectivity index (χ0) is 13.7. The lowest BCUT2D eigenvalue weighted by Gasteiger charge is -2.05. The van der Waals surface area contributed by atoms with Gasteiger partial charge in [0.15, 0.2) is 0 Å². The van der Waals surface area contributed by atoms with Gasteiger partial charge in [0, 0.05) is 12.1 Å². The Bertz CT molecular complexity index is 540. The second-order valence-corrected chi connectivity index (χ2v) is 4.39. The molecule has 0 saturated carbocycles. The number of nitrogens with one attached hydrogen (secondary N) is 1. The third-order valence-electron chi connectivity index (χ3n) is 3.12. The van der Waals surface area contributed by atoms with Gasteiger partial charge in [-0.3, -0.25) is 4.79 Å². The summed E-state index contributed by atoms with van der Waals surface area (Å²) in [6, 6.07) is 16.2. The minimum absolute atomic E-state index is 0.0737. The van der Waals surface area contributed by atoms with E-state index in [1.165, 1.54) is 11.1 Å². The Morgan fingerprint density at radius 2 is 1.53 bits per heavy atom. The monoisotopic (exact) mass is 252 g/mol. The van der Waals surface area contributed by atoms with Gasteiger partial charge < -0.3 is 5.32 Å². The zero-order valence-electron chi connectivity index (χ0n) is 11.3. The number of hydrogen-bond acceptors (Lipinski definition) is 1. The van der Waals surface area contributed by atoms with Gasteiger partial charge in [-0.2, -0.15) is 0 Å². The van der Waals surface area contributed by atoms with Crippen molar-refractivity contribution in [2.45, 2.75) is 20.3 Å². The van der Waals surface area contributed by atoms with Crippen LogP contribution in [0.15, 0.2) is 48.5 Å². The second-order valence-electron chi connectivity index (χ2n) is 4.39. The smallest absolute Gasteiger partial charge is 0.251 e. The van der Waals surface area contributed by atoms with Crippen molar-refractivity contribution in [3.63, 3.8) is 0 Å². The number of aryl methyl sites for hydroxylation is 1. The van der Waals surface area contributed by atoms with E-state index < -0.39 is 0 Å². The Morgan fingerprint density at radius 1 is 1.00 bits per heavy atom. The number of benzene rings is 2. The van der Waals surface area contributed by atoms with Crippen LogP contribution < -0.4 is 5.32 Å². The molecule has 0 aliphatic rings. The van der Waals surface area contributed by atoms with Crippen molar-refractivity contribution in [1.29, 1.82) is 0 Å². The molecule has 0 aliphatic carbocycles. The van der Waals surface area contributed by atoms with Gasteiger partial charge in [0.1, 0.15) is 0 Å². The predicted octanol–water partition coefficient (Wildman–Crippen LogP) is 3.83. The zero-order valence-corrected chi connectivity index (χ0v) is 11.3. The highest BCUT2D eigenvalue weighted by Crippen LogP contribution is 2.20. The Hall–Kier alpha value is -2.09. The molecular formula is C17H18NO. The highest BCUT2D eigenvalue weighted by Gasteiger charge is 2.04. The first-order chi connectivity index (χ1) is 9.24. The van der Waals surface area contributed by atoms with Crippen LogP contribution in [-0.4, -0.2) is 5.91 Å². The third-order valence-corrected chi connectivity index (χ3v) is 3.12. The molecule has 0 unspecified atom stereocenters. The Kier molecular flexibility index (Phi) is 4.35. The molecule has 2 heteroatoms. The first-order valence-electron chi connectivity index (χ1n) is 6.52. The number of carbonyl (C=O) groups is 1. The molecule has 0 heterocycles. The maximum absolute atomic E-state index is 11.6. The molecule has 0 fully saturated rings. The number of carbonyl (C=O) groups excluding carboxylic acids is 1. The second kappa shape index (κ2) is 6.19. The summed E-state index contributed by atoms with van der Waals surface area (Å²) < 4.78 is 0. The standard InChI is InChI=1S/C17H18NO/c1-3-13-5-7-14(8-6-13)15-9-11-16(12-10-15)17(19)18-4-2/h4-12H,3H2,1-2H3,(H,18,19). The number of amides is 1. The van der Waals surface area contributed by atoms with Crippen LogP contribution in [0.3, 0.4) is 0 Å². The summed E-state index contributed by atoms with van der Waals surface area (Å²) in [7, 11) is 0. The average Bonchev–Trinajstić information content (AvgIpc) is 2.48. The van der Waals surface area contributed by atoms with Crippen molar-refractivity contribution in [1.82, 2.24) is 5.32 Å². The molecule has 0 aromatic heterocycles. The van der Waals surface area contributed by atoms with E-state index in [0.29, 0.717) is 5.56 Å². The predicted molar refractivity (Wildman–Crippen MR) is 78.7 cm³/mol. The molecule has 19 heavy (non-hydrogen) atoms. The van der Waals surface area contributed by atoms with E-state index in [9.17, 15) is 4.79 Å². The van der Waals surface area contributed by atoms with Crippen LogP contribution in [0.2, 0.25) is 0 Å². The normalized spacial score (nSPS) is 10.2. The quantitative estimate of drug-likeness (QED) is 0.880. The van der Waals surface area contributed by atoms with Crippen molar-refractivity contribution in [2.75, 3.05) is 0 Å². The van der Waals surface area contributed by atoms with Gasteiger partial charge in [0.25, 0.3) is 5.91 Å². The molecule has 1 amide bonds. The summed E-state index contributed by atoms with van der Waals surface area (Å²) in [5.74, 6) is -0.0737. The van der Waals surface area contributed by atoms with Crippen LogP contribution in [0.4, 0.5) is 0 Å². The van der Waals surface area contributed by atoms with E-state index >= 15 is 0 Å². The molecule has 2 rings (SSSR count).